The minimum atomic E-state index is -0.564. The van der Waals surface area contributed by atoms with Gasteiger partial charge >= 0.3 is 0 Å². The van der Waals surface area contributed by atoms with Gasteiger partial charge in [0.2, 0.25) is 0 Å². The summed E-state index contributed by atoms with van der Waals surface area (Å²) in [6, 6.07) is 55.2. The SMILES string of the molecule is c1ccc2c(c1)Oc1ccc(-c3cccc4ccccc34)cc1C21c2ccccc2-n2c3ccccc3c3cccc1c32. The Bertz CT molecular complexity index is 2440. The highest BCUT2D eigenvalue weighted by atomic mass is 16.5. The summed E-state index contributed by atoms with van der Waals surface area (Å²) in [6.07, 6.45) is 0. The highest BCUT2D eigenvalue weighted by Crippen LogP contribution is 2.60. The van der Waals surface area contributed by atoms with Crippen LogP contribution in [0.5, 0.6) is 11.5 Å². The van der Waals surface area contributed by atoms with E-state index in [1.165, 1.54) is 71.6 Å². The van der Waals surface area contributed by atoms with Crippen LogP contribution in [0, 0.1) is 0 Å². The first-order valence-electron chi connectivity index (χ1n) is 14.9. The van der Waals surface area contributed by atoms with Crippen molar-refractivity contribution in [1.82, 2.24) is 4.57 Å². The normalized spacial score (nSPS) is 16.2. The van der Waals surface area contributed by atoms with Gasteiger partial charge in [0.25, 0.3) is 0 Å². The molecule has 0 bridgehead atoms. The van der Waals surface area contributed by atoms with Gasteiger partial charge in [0.05, 0.1) is 22.1 Å². The van der Waals surface area contributed by atoms with E-state index in [2.05, 4.69) is 156 Å². The third-order valence-corrected chi connectivity index (χ3v) is 9.64. The number of hydrogen-bond acceptors (Lipinski definition) is 1. The smallest absolute Gasteiger partial charge is 0.132 e. The quantitative estimate of drug-likeness (QED) is 0.199. The highest BCUT2D eigenvalue weighted by molar-refractivity contribution is 6.12. The average molecular weight is 548 g/mol. The van der Waals surface area contributed by atoms with E-state index in [4.69, 9.17) is 4.74 Å². The van der Waals surface area contributed by atoms with Crippen molar-refractivity contribution >= 4 is 32.6 Å². The van der Waals surface area contributed by atoms with E-state index < -0.39 is 5.41 Å². The lowest BCUT2D eigenvalue weighted by Gasteiger charge is -2.45. The number of rotatable bonds is 1. The fourth-order valence-corrected chi connectivity index (χ4v) is 7.97. The Morgan fingerprint density at radius 1 is 0.465 bits per heavy atom. The maximum atomic E-state index is 6.73. The maximum absolute atomic E-state index is 6.73. The first kappa shape index (κ1) is 23.0. The van der Waals surface area contributed by atoms with Crippen molar-refractivity contribution in [1.29, 1.82) is 0 Å². The lowest BCUT2D eigenvalue weighted by molar-refractivity contribution is 0.434. The van der Waals surface area contributed by atoms with Crippen LogP contribution >= 0.6 is 0 Å². The molecule has 8 aromatic rings. The number of nitrogens with zero attached hydrogens (tertiary/aromatic N) is 1. The summed E-state index contributed by atoms with van der Waals surface area (Å²) in [7, 11) is 0. The number of hydrogen-bond donors (Lipinski definition) is 0. The summed E-state index contributed by atoms with van der Waals surface area (Å²) in [5.41, 5.74) is 10.5. The molecule has 0 fully saturated rings. The molecule has 7 aromatic carbocycles. The van der Waals surface area contributed by atoms with Gasteiger partial charge in [-0.3, -0.25) is 0 Å². The number of benzene rings is 7. The lowest BCUT2D eigenvalue weighted by atomic mass is 9.61. The molecule has 1 spiro atoms. The standard InChI is InChI=1S/C41H25NO/c1-2-13-28-26(11-1)12-9-15-29(28)27-23-24-39-35(25-27)41(33-18-5-8-22-38(33)43-39)32-17-4-7-21-37(32)42-36-20-6-3-14-30(36)31-16-10-19-34(41)40(31)42/h1-25H. The van der Waals surface area contributed by atoms with Crippen molar-refractivity contribution in [2.45, 2.75) is 5.41 Å². The molecule has 1 atom stereocenters. The first-order chi connectivity index (χ1) is 21.3. The summed E-state index contributed by atoms with van der Waals surface area (Å²) in [4.78, 5) is 0. The third-order valence-electron chi connectivity index (χ3n) is 9.64. The van der Waals surface area contributed by atoms with Crippen molar-refractivity contribution in [3.63, 3.8) is 0 Å². The molecule has 2 aliphatic heterocycles. The van der Waals surface area contributed by atoms with Crippen LogP contribution in [0.15, 0.2) is 152 Å². The number of aromatic nitrogens is 1. The third kappa shape index (κ3) is 2.83. The van der Waals surface area contributed by atoms with Crippen molar-refractivity contribution < 1.29 is 4.74 Å². The van der Waals surface area contributed by atoms with Gasteiger partial charge in [0, 0.05) is 21.9 Å². The molecule has 0 saturated heterocycles. The zero-order valence-corrected chi connectivity index (χ0v) is 23.3. The van der Waals surface area contributed by atoms with Crippen LogP contribution < -0.4 is 4.74 Å². The minimum absolute atomic E-state index is 0.564. The molecule has 2 aliphatic rings. The number of fused-ring (bicyclic) bond motifs is 12. The van der Waals surface area contributed by atoms with Gasteiger partial charge in [-0.25, -0.2) is 0 Å². The molecule has 3 heterocycles. The van der Waals surface area contributed by atoms with E-state index >= 15 is 0 Å². The fourth-order valence-electron chi connectivity index (χ4n) is 7.97. The summed E-state index contributed by atoms with van der Waals surface area (Å²) >= 11 is 0. The number of ether oxygens (including phenoxy) is 1. The zero-order chi connectivity index (χ0) is 28.1. The van der Waals surface area contributed by atoms with Crippen LogP contribution in [0.25, 0.3) is 49.4 Å². The molecule has 0 amide bonds. The van der Waals surface area contributed by atoms with Gasteiger partial charge < -0.3 is 9.30 Å². The van der Waals surface area contributed by atoms with Crippen molar-refractivity contribution in [3.8, 4) is 28.3 Å². The predicted octanol–water partition coefficient (Wildman–Crippen LogP) is 10.4. The molecule has 200 valence electrons. The Hall–Kier alpha value is -5.60. The number of para-hydroxylation sites is 4. The van der Waals surface area contributed by atoms with Gasteiger partial charge in [0.1, 0.15) is 11.5 Å². The van der Waals surface area contributed by atoms with E-state index in [1.54, 1.807) is 0 Å². The van der Waals surface area contributed by atoms with Gasteiger partial charge in [-0.1, -0.05) is 121 Å². The molecule has 0 aliphatic carbocycles. The predicted molar refractivity (Wildman–Crippen MR) is 176 cm³/mol. The molecule has 1 unspecified atom stereocenters. The average Bonchev–Trinajstić information content (AvgIpc) is 3.41. The van der Waals surface area contributed by atoms with Crippen molar-refractivity contribution in [2.24, 2.45) is 0 Å². The fraction of sp³-hybridized carbons (Fsp3) is 0.0244. The van der Waals surface area contributed by atoms with Crippen molar-refractivity contribution in [2.75, 3.05) is 0 Å². The Kier molecular flexibility index (Phi) is 4.41. The molecule has 10 rings (SSSR count). The summed E-state index contributed by atoms with van der Waals surface area (Å²) in [5, 5.41) is 5.04. The molecule has 0 N–H and O–H groups in total. The summed E-state index contributed by atoms with van der Waals surface area (Å²) < 4.78 is 9.21. The zero-order valence-electron chi connectivity index (χ0n) is 23.3. The Balaban J connectivity index is 1.40. The molecular formula is C41H25NO. The van der Waals surface area contributed by atoms with Crippen molar-refractivity contribution in [3.05, 3.63) is 174 Å². The molecular weight excluding hydrogens is 522 g/mol. The van der Waals surface area contributed by atoms with Crippen LogP contribution in [-0.4, -0.2) is 4.57 Å². The van der Waals surface area contributed by atoms with E-state index in [9.17, 15) is 0 Å². The van der Waals surface area contributed by atoms with Gasteiger partial charge in [-0.05, 0) is 63.4 Å². The molecule has 1 aromatic heterocycles. The van der Waals surface area contributed by atoms with Crippen LogP contribution in [0.3, 0.4) is 0 Å². The molecule has 0 radical (unpaired) electrons. The van der Waals surface area contributed by atoms with Crippen LogP contribution in [-0.2, 0) is 5.41 Å². The Labute approximate surface area is 249 Å². The maximum Gasteiger partial charge on any atom is 0.132 e. The molecule has 0 saturated carbocycles. The Morgan fingerprint density at radius 3 is 2.09 bits per heavy atom. The van der Waals surface area contributed by atoms with Gasteiger partial charge in [0.15, 0.2) is 0 Å². The first-order valence-corrected chi connectivity index (χ1v) is 14.9. The summed E-state index contributed by atoms with van der Waals surface area (Å²) in [5.74, 6) is 1.81. The van der Waals surface area contributed by atoms with E-state index in [1.807, 2.05) is 0 Å². The monoisotopic (exact) mass is 547 g/mol. The summed E-state index contributed by atoms with van der Waals surface area (Å²) in [6.45, 7) is 0. The van der Waals surface area contributed by atoms with Gasteiger partial charge in [-0.15, -0.1) is 0 Å². The lowest BCUT2D eigenvalue weighted by Crippen LogP contribution is -2.37. The Morgan fingerprint density at radius 2 is 1.14 bits per heavy atom. The minimum Gasteiger partial charge on any atom is -0.457 e. The second kappa shape index (κ2) is 8.24. The van der Waals surface area contributed by atoms with Crippen LogP contribution in [0.2, 0.25) is 0 Å². The molecule has 2 nitrogen and oxygen atoms in total. The second-order valence-electron chi connectivity index (χ2n) is 11.7. The van der Waals surface area contributed by atoms with E-state index in [0.29, 0.717) is 0 Å². The van der Waals surface area contributed by atoms with E-state index in [-0.39, 0.29) is 0 Å². The largest absolute Gasteiger partial charge is 0.457 e. The topological polar surface area (TPSA) is 14.2 Å². The molecule has 43 heavy (non-hydrogen) atoms. The van der Waals surface area contributed by atoms with Crippen LogP contribution in [0.4, 0.5) is 0 Å². The van der Waals surface area contributed by atoms with Crippen LogP contribution in [0.1, 0.15) is 22.3 Å². The van der Waals surface area contributed by atoms with Gasteiger partial charge in [-0.2, -0.15) is 0 Å². The molecule has 2 heteroatoms. The second-order valence-corrected chi connectivity index (χ2v) is 11.7. The highest BCUT2D eigenvalue weighted by Gasteiger charge is 2.50. The van der Waals surface area contributed by atoms with E-state index in [0.717, 1.165) is 11.5 Å².